The molecule has 1 amide bonds. The molecule has 1 saturated carbocycles. The van der Waals surface area contributed by atoms with E-state index in [1.165, 1.54) is 24.5 Å². The van der Waals surface area contributed by atoms with E-state index in [0.717, 1.165) is 16.9 Å². The Labute approximate surface area is 190 Å². The first-order valence-corrected chi connectivity index (χ1v) is 10.5. The minimum absolute atomic E-state index is 0.0740. The van der Waals surface area contributed by atoms with Crippen LogP contribution in [0.3, 0.4) is 0 Å². The van der Waals surface area contributed by atoms with Crippen molar-refractivity contribution < 1.29 is 31.5 Å². The van der Waals surface area contributed by atoms with Crippen molar-refractivity contribution in [2.45, 2.75) is 44.1 Å². The second kappa shape index (κ2) is 8.03. The monoisotopic (exact) mass is 479 g/mol. The average Bonchev–Trinajstić information content (AvgIpc) is 3.49. The van der Waals surface area contributed by atoms with Crippen molar-refractivity contribution in [3.63, 3.8) is 0 Å². The number of hydrogen-bond acceptors (Lipinski definition) is 5. The van der Waals surface area contributed by atoms with Gasteiger partial charge in [0, 0.05) is 18.2 Å². The number of likely N-dealkylation sites (tertiary alicyclic amines) is 1. The molecule has 0 N–H and O–H groups in total. The number of hydrogen-bond donors (Lipinski definition) is 0. The molecule has 3 heterocycles. The molecule has 2 fully saturated rings. The summed E-state index contributed by atoms with van der Waals surface area (Å²) < 4.78 is 72.0. The van der Waals surface area contributed by atoms with E-state index in [9.17, 15) is 26.7 Å². The Morgan fingerprint density at radius 1 is 1.09 bits per heavy atom. The Kier molecular flexibility index (Phi) is 5.25. The number of carbonyl (C=O) groups is 1. The lowest BCUT2D eigenvalue weighted by Crippen LogP contribution is -2.51. The van der Waals surface area contributed by atoms with Gasteiger partial charge in [-0.15, -0.1) is 0 Å². The maximum Gasteiger partial charge on any atom is 0.420 e. The summed E-state index contributed by atoms with van der Waals surface area (Å²) in [5.74, 6) is -2.82. The molecule has 2 aliphatic rings. The molecule has 7 nitrogen and oxygen atoms in total. The van der Waals surface area contributed by atoms with Gasteiger partial charge in [0.25, 0.3) is 5.91 Å². The van der Waals surface area contributed by atoms with Gasteiger partial charge >= 0.3 is 6.18 Å². The Morgan fingerprint density at radius 3 is 2.47 bits per heavy atom. The number of fused-ring (bicyclic) bond motifs is 2. The van der Waals surface area contributed by atoms with Gasteiger partial charge in [0.15, 0.2) is 0 Å². The number of nitrogens with zero attached hydrogens (tertiary/aromatic N) is 5. The molecule has 1 aliphatic heterocycles. The van der Waals surface area contributed by atoms with Crippen molar-refractivity contribution in [3.05, 3.63) is 65.6 Å². The zero-order chi connectivity index (χ0) is 24.2. The molecule has 1 saturated heterocycles. The van der Waals surface area contributed by atoms with Gasteiger partial charge in [-0.25, -0.2) is 4.39 Å². The van der Waals surface area contributed by atoms with Gasteiger partial charge in [-0.2, -0.15) is 37.5 Å². The van der Waals surface area contributed by atoms with Crippen LogP contribution in [0.2, 0.25) is 0 Å². The molecule has 4 atom stereocenters. The fourth-order valence-corrected chi connectivity index (χ4v) is 4.87. The zero-order valence-electron chi connectivity index (χ0n) is 17.7. The van der Waals surface area contributed by atoms with Crippen LogP contribution >= 0.6 is 0 Å². The van der Waals surface area contributed by atoms with E-state index in [1.54, 1.807) is 4.90 Å². The number of pyridine rings is 1. The lowest BCUT2D eigenvalue weighted by molar-refractivity contribution is -0.140. The molecular weight excluding hydrogens is 461 g/mol. The van der Waals surface area contributed by atoms with Crippen molar-refractivity contribution >= 4 is 5.91 Å². The molecule has 1 aliphatic carbocycles. The molecular formula is C22H18F5N5O2. The molecule has 0 spiro atoms. The average molecular weight is 479 g/mol. The van der Waals surface area contributed by atoms with Crippen LogP contribution in [0, 0.1) is 17.7 Å². The number of amides is 1. The van der Waals surface area contributed by atoms with Gasteiger partial charge in [0.1, 0.15) is 23.2 Å². The molecule has 5 rings (SSSR count). The van der Waals surface area contributed by atoms with Crippen LogP contribution in [0.1, 0.15) is 35.7 Å². The largest absolute Gasteiger partial charge is 0.472 e. The SMILES string of the molecule is CC1C2CC(Oc3ccc(C(F)(F)F)c(F)n3)C(C2)N1C(=O)c1ccc(F)cc1-n1nccn1. The predicted octanol–water partition coefficient (Wildman–Crippen LogP) is 4.03. The van der Waals surface area contributed by atoms with E-state index in [2.05, 4.69) is 15.2 Å². The first-order valence-electron chi connectivity index (χ1n) is 10.5. The number of carbonyl (C=O) groups excluding carboxylic acids is 1. The summed E-state index contributed by atoms with van der Waals surface area (Å²) >= 11 is 0. The zero-order valence-corrected chi connectivity index (χ0v) is 17.7. The Morgan fingerprint density at radius 2 is 1.82 bits per heavy atom. The van der Waals surface area contributed by atoms with Gasteiger partial charge in [0.05, 0.1) is 24.0 Å². The fraction of sp³-hybridized carbons (Fsp3) is 0.364. The smallest absolute Gasteiger partial charge is 0.420 e. The van der Waals surface area contributed by atoms with Crippen molar-refractivity contribution in [3.8, 4) is 11.6 Å². The summed E-state index contributed by atoms with van der Waals surface area (Å²) in [6.45, 7) is 1.89. The summed E-state index contributed by atoms with van der Waals surface area (Å²) in [7, 11) is 0. The summed E-state index contributed by atoms with van der Waals surface area (Å²) in [4.78, 5) is 19.7. The number of halogens is 5. The van der Waals surface area contributed by atoms with Gasteiger partial charge < -0.3 is 9.64 Å². The van der Waals surface area contributed by atoms with Crippen molar-refractivity contribution in [1.29, 1.82) is 0 Å². The van der Waals surface area contributed by atoms with Crippen LogP contribution in [0.25, 0.3) is 5.69 Å². The lowest BCUT2D eigenvalue weighted by atomic mass is 9.98. The molecule has 178 valence electrons. The predicted molar refractivity (Wildman–Crippen MR) is 107 cm³/mol. The number of ether oxygens (including phenoxy) is 1. The third kappa shape index (κ3) is 3.76. The number of aromatic nitrogens is 4. The first kappa shape index (κ1) is 22.2. The number of rotatable bonds is 4. The van der Waals surface area contributed by atoms with Crippen LogP contribution in [-0.4, -0.2) is 49.0 Å². The van der Waals surface area contributed by atoms with Crippen LogP contribution in [0.15, 0.2) is 42.7 Å². The Bertz CT molecular complexity index is 1230. The second-order valence-corrected chi connectivity index (χ2v) is 8.37. The van der Waals surface area contributed by atoms with E-state index in [-0.39, 0.29) is 35.0 Å². The van der Waals surface area contributed by atoms with Crippen LogP contribution < -0.4 is 4.74 Å². The Balaban J connectivity index is 1.41. The van der Waals surface area contributed by atoms with E-state index >= 15 is 0 Å². The molecule has 4 unspecified atom stereocenters. The quantitative estimate of drug-likeness (QED) is 0.418. The maximum absolute atomic E-state index is 13.9. The summed E-state index contributed by atoms with van der Waals surface area (Å²) in [5.41, 5.74) is -1.11. The molecule has 1 aromatic carbocycles. The molecule has 3 aromatic rings. The van der Waals surface area contributed by atoms with E-state index in [1.807, 2.05) is 6.92 Å². The lowest BCUT2D eigenvalue weighted by Gasteiger charge is -2.38. The maximum atomic E-state index is 13.9. The standard InChI is InChI=1S/C22H18F5N5O2/c1-11-12-8-17(18(9-12)34-19-5-4-15(20(24)30-19)22(25,26)27)31(11)21(33)14-3-2-13(23)10-16(14)32-28-6-7-29-32/h2-7,10-12,17-18H,8-9H2,1H3. The molecule has 2 aromatic heterocycles. The third-order valence-electron chi connectivity index (χ3n) is 6.45. The number of benzene rings is 1. The van der Waals surface area contributed by atoms with Gasteiger partial charge in [0.2, 0.25) is 11.8 Å². The fourth-order valence-electron chi connectivity index (χ4n) is 4.87. The highest BCUT2D eigenvalue weighted by molar-refractivity contribution is 5.98. The van der Waals surface area contributed by atoms with Crippen molar-refractivity contribution in [1.82, 2.24) is 24.9 Å². The summed E-state index contributed by atoms with van der Waals surface area (Å²) in [6, 6.07) is 4.67. The highest BCUT2D eigenvalue weighted by atomic mass is 19.4. The Hall–Kier alpha value is -3.57. The van der Waals surface area contributed by atoms with Gasteiger partial charge in [-0.05, 0) is 43.9 Å². The molecule has 2 bridgehead atoms. The van der Waals surface area contributed by atoms with Gasteiger partial charge in [-0.3, -0.25) is 4.79 Å². The number of alkyl halides is 3. The summed E-state index contributed by atoms with van der Waals surface area (Å²) in [5, 5.41) is 7.97. The van der Waals surface area contributed by atoms with Crippen LogP contribution in [-0.2, 0) is 6.18 Å². The van der Waals surface area contributed by atoms with E-state index in [0.29, 0.717) is 18.9 Å². The first-order chi connectivity index (χ1) is 16.1. The minimum atomic E-state index is -4.86. The normalized spacial score (nSPS) is 24.0. The second-order valence-electron chi connectivity index (χ2n) is 8.37. The highest BCUT2D eigenvalue weighted by Crippen LogP contribution is 2.45. The van der Waals surface area contributed by atoms with Crippen molar-refractivity contribution in [2.24, 2.45) is 5.92 Å². The highest BCUT2D eigenvalue weighted by Gasteiger charge is 2.53. The summed E-state index contributed by atoms with van der Waals surface area (Å²) in [6.07, 6.45) is -1.50. The molecule has 12 heteroatoms. The number of piperidine rings is 1. The van der Waals surface area contributed by atoms with Gasteiger partial charge in [-0.1, -0.05) is 0 Å². The van der Waals surface area contributed by atoms with Crippen molar-refractivity contribution in [2.75, 3.05) is 0 Å². The minimum Gasteiger partial charge on any atom is -0.472 e. The van der Waals surface area contributed by atoms with E-state index < -0.39 is 35.7 Å². The van der Waals surface area contributed by atoms with Crippen LogP contribution in [0.5, 0.6) is 5.88 Å². The van der Waals surface area contributed by atoms with Crippen LogP contribution in [0.4, 0.5) is 22.0 Å². The third-order valence-corrected chi connectivity index (χ3v) is 6.45. The molecule has 34 heavy (non-hydrogen) atoms. The van der Waals surface area contributed by atoms with E-state index in [4.69, 9.17) is 4.74 Å². The topological polar surface area (TPSA) is 73.1 Å². The molecule has 0 radical (unpaired) electrons.